The minimum Gasteiger partial charge on any atom is -0.353 e. The molecular weight excluding hydrogens is 352 g/mol. The normalized spacial score (nSPS) is 14.4. The first-order valence-corrected chi connectivity index (χ1v) is 10.4. The summed E-state index contributed by atoms with van der Waals surface area (Å²) in [5.74, 6) is 3.48. The van der Waals surface area contributed by atoms with Gasteiger partial charge in [-0.25, -0.2) is 9.97 Å². The Labute approximate surface area is 157 Å². The zero-order valence-corrected chi connectivity index (χ0v) is 15.9. The lowest BCUT2D eigenvalue weighted by Crippen LogP contribution is -2.33. The molecule has 0 unspecified atom stereocenters. The molecule has 0 aliphatic carbocycles. The van der Waals surface area contributed by atoms with Crippen molar-refractivity contribution in [1.29, 1.82) is 0 Å². The lowest BCUT2D eigenvalue weighted by Gasteiger charge is -2.28. The molecule has 1 aromatic heterocycles. The highest BCUT2D eigenvalue weighted by Crippen LogP contribution is 2.27. The van der Waals surface area contributed by atoms with Crippen LogP contribution in [0.2, 0.25) is 0 Å². The minimum atomic E-state index is 0.0105. The predicted octanol–water partition coefficient (Wildman–Crippen LogP) is 2.75. The Bertz CT molecular complexity index is 702. The van der Waals surface area contributed by atoms with Crippen LogP contribution in [0.1, 0.15) is 11.1 Å². The summed E-state index contributed by atoms with van der Waals surface area (Å²) in [5, 5.41) is 3.80. The van der Waals surface area contributed by atoms with Crippen LogP contribution in [-0.2, 0) is 11.3 Å². The van der Waals surface area contributed by atoms with Crippen LogP contribution in [0, 0.1) is 6.92 Å². The third-order valence-corrected chi connectivity index (χ3v) is 5.82. The Balaban J connectivity index is 1.52. The fraction of sp³-hybridized carbons (Fsp3) is 0.389. The van der Waals surface area contributed by atoms with Crippen molar-refractivity contribution in [3.8, 4) is 0 Å². The third kappa shape index (κ3) is 5.37. The molecule has 0 bridgehead atoms. The van der Waals surface area contributed by atoms with Gasteiger partial charge in [-0.2, -0.15) is 11.8 Å². The number of anilines is 1. The summed E-state index contributed by atoms with van der Waals surface area (Å²) in [5.41, 5.74) is 2.33. The third-order valence-electron chi connectivity index (χ3n) is 3.91. The lowest BCUT2D eigenvalue weighted by atomic mass is 10.1. The second-order valence-electron chi connectivity index (χ2n) is 5.84. The van der Waals surface area contributed by atoms with Gasteiger partial charge in [0, 0.05) is 43.5 Å². The van der Waals surface area contributed by atoms with E-state index in [4.69, 9.17) is 0 Å². The highest BCUT2D eigenvalue weighted by atomic mass is 32.2. The molecule has 1 saturated heterocycles. The van der Waals surface area contributed by atoms with Crippen LogP contribution in [-0.4, -0.2) is 46.2 Å². The van der Waals surface area contributed by atoms with Crippen molar-refractivity contribution in [1.82, 2.24) is 15.3 Å². The molecule has 1 amide bonds. The molecule has 25 heavy (non-hydrogen) atoms. The zero-order valence-electron chi connectivity index (χ0n) is 14.3. The lowest BCUT2D eigenvalue weighted by molar-refractivity contribution is -0.118. The van der Waals surface area contributed by atoms with E-state index in [1.165, 1.54) is 17.3 Å². The topological polar surface area (TPSA) is 58.1 Å². The molecule has 0 spiro atoms. The highest BCUT2D eigenvalue weighted by Gasteiger charge is 2.17. The van der Waals surface area contributed by atoms with Crippen molar-refractivity contribution in [3.63, 3.8) is 0 Å². The number of carbonyl (C=O) groups excluding carboxylic acids is 1. The Morgan fingerprint density at radius 1 is 1.20 bits per heavy atom. The number of nitrogens with zero attached hydrogens (tertiary/aromatic N) is 3. The Morgan fingerprint density at radius 2 is 1.92 bits per heavy atom. The van der Waals surface area contributed by atoms with Gasteiger partial charge in [-0.3, -0.25) is 4.79 Å². The van der Waals surface area contributed by atoms with Crippen LogP contribution in [0.4, 0.5) is 5.82 Å². The number of thioether (sulfide) groups is 2. The second kappa shape index (κ2) is 9.10. The molecule has 5 nitrogen and oxygen atoms in total. The Hall–Kier alpha value is -1.73. The summed E-state index contributed by atoms with van der Waals surface area (Å²) in [4.78, 5) is 23.3. The van der Waals surface area contributed by atoms with Gasteiger partial charge in [0.25, 0.3) is 0 Å². The van der Waals surface area contributed by atoms with Crippen molar-refractivity contribution in [2.75, 3.05) is 35.2 Å². The van der Waals surface area contributed by atoms with Crippen LogP contribution in [0.5, 0.6) is 0 Å². The van der Waals surface area contributed by atoms with Gasteiger partial charge in [0.15, 0.2) is 5.82 Å². The second-order valence-corrected chi connectivity index (χ2v) is 8.02. The van der Waals surface area contributed by atoms with Crippen LogP contribution >= 0.6 is 23.5 Å². The molecule has 0 saturated carbocycles. The van der Waals surface area contributed by atoms with Crippen LogP contribution < -0.4 is 10.2 Å². The quantitative estimate of drug-likeness (QED) is 0.785. The van der Waals surface area contributed by atoms with Crippen molar-refractivity contribution in [2.45, 2.75) is 18.5 Å². The van der Waals surface area contributed by atoms with Crippen molar-refractivity contribution in [3.05, 3.63) is 47.8 Å². The van der Waals surface area contributed by atoms with Gasteiger partial charge in [-0.05, 0) is 12.5 Å². The SMILES string of the molecule is Cc1ccc(CNC(=O)CSc2nccnc2N2CCSCC2)cc1. The van der Waals surface area contributed by atoms with Crippen molar-refractivity contribution < 1.29 is 4.79 Å². The number of hydrogen-bond acceptors (Lipinski definition) is 6. The first kappa shape index (κ1) is 18.1. The van der Waals surface area contributed by atoms with Gasteiger partial charge in [0.2, 0.25) is 5.91 Å². The van der Waals surface area contributed by atoms with Crippen LogP contribution in [0.15, 0.2) is 41.7 Å². The molecule has 132 valence electrons. The molecular formula is C18H22N4OS2. The van der Waals surface area contributed by atoms with Gasteiger partial charge in [-0.1, -0.05) is 41.6 Å². The number of carbonyl (C=O) groups is 1. The molecule has 2 aromatic rings. The van der Waals surface area contributed by atoms with Gasteiger partial charge < -0.3 is 10.2 Å². The molecule has 1 aromatic carbocycles. The number of amides is 1. The van der Waals surface area contributed by atoms with E-state index < -0.39 is 0 Å². The Morgan fingerprint density at radius 3 is 2.68 bits per heavy atom. The van der Waals surface area contributed by atoms with E-state index in [0.29, 0.717) is 12.3 Å². The number of aryl methyl sites for hydroxylation is 1. The van der Waals surface area contributed by atoms with Crippen molar-refractivity contribution >= 4 is 35.2 Å². The number of benzene rings is 1. The molecule has 1 N–H and O–H groups in total. The molecule has 1 aliphatic rings. The number of aromatic nitrogens is 2. The van der Waals surface area contributed by atoms with Crippen LogP contribution in [0.25, 0.3) is 0 Å². The van der Waals surface area contributed by atoms with E-state index in [0.717, 1.165) is 41.0 Å². The smallest absolute Gasteiger partial charge is 0.230 e. The summed E-state index contributed by atoms with van der Waals surface area (Å²) >= 11 is 3.41. The van der Waals surface area contributed by atoms with E-state index in [9.17, 15) is 4.79 Å². The fourth-order valence-electron chi connectivity index (χ4n) is 2.50. The van der Waals surface area contributed by atoms with Gasteiger partial charge in [0.05, 0.1) is 5.75 Å². The average Bonchev–Trinajstić information content (AvgIpc) is 2.67. The van der Waals surface area contributed by atoms with Crippen molar-refractivity contribution in [2.24, 2.45) is 0 Å². The first-order valence-electron chi connectivity index (χ1n) is 8.31. The van der Waals surface area contributed by atoms with E-state index in [-0.39, 0.29) is 5.91 Å². The molecule has 3 rings (SSSR count). The van der Waals surface area contributed by atoms with Gasteiger partial charge in [0.1, 0.15) is 5.03 Å². The largest absolute Gasteiger partial charge is 0.353 e. The molecule has 1 fully saturated rings. The van der Waals surface area contributed by atoms with Gasteiger partial charge in [-0.15, -0.1) is 0 Å². The van der Waals surface area contributed by atoms with Crippen LogP contribution in [0.3, 0.4) is 0 Å². The first-order chi connectivity index (χ1) is 12.2. The summed E-state index contributed by atoms with van der Waals surface area (Å²) in [6.45, 7) is 4.57. The molecule has 2 heterocycles. The number of nitrogens with one attached hydrogen (secondary N) is 1. The average molecular weight is 375 g/mol. The van der Waals surface area contributed by atoms with E-state index in [2.05, 4.69) is 39.2 Å². The fourth-order valence-corrected chi connectivity index (χ4v) is 4.22. The summed E-state index contributed by atoms with van der Waals surface area (Å²) in [7, 11) is 0. The summed E-state index contributed by atoms with van der Waals surface area (Å²) in [6.07, 6.45) is 3.41. The van der Waals surface area contributed by atoms with E-state index in [1.54, 1.807) is 12.4 Å². The standard InChI is InChI=1S/C18H22N4OS2/c1-14-2-4-15(5-3-14)12-21-16(23)13-25-18-17(19-6-7-20-18)22-8-10-24-11-9-22/h2-7H,8-13H2,1H3,(H,21,23). The maximum Gasteiger partial charge on any atom is 0.230 e. The maximum absolute atomic E-state index is 12.1. The minimum absolute atomic E-state index is 0.0105. The summed E-state index contributed by atoms with van der Waals surface area (Å²) in [6, 6.07) is 8.19. The molecule has 0 radical (unpaired) electrons. The van der Waals surface area contributed by atoms with E-state index in [1.807, 2.05) is 23.9 Å². The molecule has 1 aliphatic heterocycles. The Kier molecular flexibility index (Phi) is 6.58. The summed E-state index contributed by atoms with van der Waals surface area (Å²) < 4.78 is 0. The maximum atomic E-state index is 12.1. The number of rotatable bonds is 6. The monoisotopic (exact) mass is 374 g/mol. The highest BCUT2D eigenvalue weighted by molar-refractivity contribution is 8.00. The molecule has 0 atom stereocenters. The molecule has 7 heteroatoms. The predicted molar refractivity (Wildman–Crippen MR) is 105 cm³/mol. The van der Waals surface area contributed by atoms with Gasteiger partial charge >= 0.3 is 0 Å². The van der Waals surface area contributed by atoms with E-state index >= 15 is 0 Å². The number of hydrogen-bond donors (Lipinski definition) is 1. The zero-order chi connectivity index (χ0) is 17.5.